The molecule has 1 fully saturated rings. The molecule has 3 heterocycles. The summed E-state index contributed by atoms with van der Waals surface area (Å²) >= 11 is 1.17. The molecule has 0 atom stereocenters. The van der Waals surface area contributed by atoms with Crippen LogP contribution in [0.4, 0.5) is 10.7 Å². The van der Waals surface area contributed by atoms with Crippen molar-refractivity contribution in [2.24, 2.45) is 0 Å². The number of nitrogens with zero attached hydrogens (tertiary/aromatic N) is 4. The maximum atomic E-state index is 12.2. The highest BCUT2D eigenvalue weighted by atomic mass is 32.2. The molecule has 1 aliphatic rings. The summed E-state index contributed by atoms with van der Waals surface area (Å²) in [6.45, 7) is 2.45. The summed E-state index contributed by atoms with van der Waals surface area (Å²) in [6.07, 6.45) is 1.62. The summed E-state index contributed by atoms with van der Waals surface area (Å²) in [4.78, 5) is 22.5. The Morgan fingerprint density at radius 2 is 2.15 bits per heavy atom. The molecule has 0 radical (unpaired) electrons. The third kappa shape index (κ3) is 3.94. The van der Waals surface area contributed by atoms with Gasteiger partial charge in [0.25, 0.3) is 10.0 Å². The third-order valence-electron chi connectivity index (χ3n) is 3.83. The summed E-state index contributed by atoms with van der Waals surface area (Å²) < 4.78 is 25.8. The van der Waals surface area contributed by atoms with Gasteiger partial charge in [-0.05, 0) is 18.2 Å². The Morgan fingerprint density at radius 3 is 2.85 bits per heavy atom. The van der Waals surface area contributed by atoms with Crippen molar-refractivity contribution in [3.63, 3.8) is 0 Å². The van der Waals surface area contributed by atoms with Crippen molar-refractivity contribution < 1.29 is 13.2 Å². The molecule has 0 unspecified atom stereocenters. The normalized spacial score (nSPS) is 14.7. The maximum absolute atomic E-state index is 12.2. The lowest BCUT2D eigenvalue weighted by Gasteiger charge is -2.14. The van der Waals surface area contributed by atoms with Crippen molar-refractivity contribution in [2.45, 2.75) is 4.21 Å². The molecule has 0 aromatic carbocycles. The van der Waals surface area contributed by atoms with E-state index in [1.54, 1.807) is 29.3 Å². The molecule has 0 bridgehead atoms. The van der Waals surface area contributed by atoms with Gasteiger partial charge in [-0.25, -0.2) is 27.5 Å². The minimum atomic E-state index is -3.45. The van der Waals surface area contributed by atoms with Gasteiger partial charge >= 0.3 is 6.03 Å². The van der Waals surface area contributed by atoms with Gasteiger partial charge < -0.3 is 15.5 Å². The Morgan fingerprint density at radius 1 is 1.35 bits per heavy atom. The zero-order valence-electron chi connectivity index (χ0n) is 14.5. The molecule has 140 valence electrons. The monoisotopic (exact) mass is 396 g/mol. The van der Waals surface area contributed by atoms with E-state index in [1.807, 2.05) is 0 Å². The predicted molar refractivity (Wildman–Crippen MR) is 99.7 cm³/mol. The lowest BCUT2D eigenvalue weighted by atomic mass is 10.3. The van der Waals surface area contributed by atoms with E-state index in [-0.39, 0.29) is 10.2 Å². The average molecular weight is 396 g/mol. The molecule has 2 N–H and O–H groups in total. The Hall–Kier alpha value is -2.24. The Balaban J connectivity index is 1.68. The van der Waals surface area contributed by atoms with Crippen LogP contribution in [-0.4, -0.2) is 73.9 Å². The average Bonchev–Trinajstić information content (AvgIpc) is 3.25. The number of hydrogen-bond donors (Lipinski definition) is 2. The number of hydrogen-bond acceptors (Lipinski definition) is 7. The van der Waals surface area contributed by atoms with Crippen molar-refractivity contribution in [1.82, 2.24) is 24.5 Å². The number of thiophene rings is 1. The predicted octanol–water partition coefficient (Wildman–Crippen LogP) is 0.893. The first kappa shape index (κ1) is 18.5. The van der Waals surface area contributed by atoms with Crippen LogP contribution in [0.1, 0.15) is 0 Å². The molecule has 2 amide bonds. The van der Waals surface area contributed by atoms with E-state index >= 15 is 0 Å². The van der Waals surface area contributed by atoms with E-state index in [4.69, 9.17) is 0 Å². The molecule has 2 aromatic rings. The van der Waals surface area contributed by atoms with E-state index < -0.39 is 10.0 Å². The molecular formula is C15H20N6O3S2. The summed E-state index contributed by atoms with van der Waals surface area (Å²) in [5, 5.41) is 5.84. The number of sulfonamides is 1. The van der Waals surface area contributed by atoms with Crippen LogP contribution in [0.15, 0.2) is 28.6 Å². The lowest BCUT2D eigenvalue weighted by molar-refractivity contribution is 0.219. The lowest BCUT2D eigenvalue weighted by Crippen LogP contribution is -2.32. The summed E-state index contributed by atoms with van der Waals surface area (Å²) in [5.74, 6) is 0.438. The summed E-state index contributed by atoms with van der Waals surface area (Å²) in [7, 11) is -0.450. The largest absolute Gasteiger partial charge is 0.352 e. The second-order valence-corrected chi connectivity index (χ2v) is 9.28. The zero-order valence-corrected chi connectivity index (χ0v) is 16.1. The van der Waals surface area contributed by atoms with Crippen LogP contribution in [0.25, 0.3) is 10.6 Å². The van der Waals surface area contributed by atoms with Crippen LogP contribution >= 0.6 is 11.3 Å². The molecule has 9 nitrogen and oxygen atoms in total. The van der Waals surface area contributed by atoms with Gasteiger partial charge in [0.2, 0.25) is 5.95 Å². The molecule has 1 saturated heterocycles. The van der Waals surface area contributed by atoms with Crippen LogP contribution in [-0.2, 0) is 10.0 Å². The van der Waals surface area contributed by atoms with Gasteiger partial charge in [-0.2, -0.15) is 0 Å². The number of carbonyl (C=O) groups excluding carboxylic acids is 1. The van der Waals surface area contributed by atoms with Crippen molar-refractivity contribution in [3.8, 4) is 10.6 Å². The molecule has 0 spiro atoms. The van der Waals surface area contributed by atoms with Gasteiger partial charge in [0.15, 0.2) is 0 Å². The van der Waals surface area contributed by atoms with Gasteiger partial charge in [0, 0.05) is 46.5 Å². The number of carbonyl (C=O) groups is 1. The Bertz CT molecular complexity index is 896. The molecule has 26 heavy (non-hydrogen) atoms. The van der Waals surface area contributed by atoms with Crippen molar-refractivity contribution in [3.05, 3.63) is 24.4 Å². The fraction of sp³-hybridized carbons (Fsp3) is 0.400. The van der Waals surface area contributed by atoms with Crippen LogP contribution < -0.4 is 10.6 Å². The molecule has 11 heteroatoms. The van der Waals surface area contributed by atoms with Gasteiger partial charge in [0.1, 0.15) is 4.21 Å². The number of amides is 2. The van der Waals surface area contributed by atoms with E-state index in [0.717, 1.165) is 4.88 Å². The number of anilines is 1. The fourth-order valence-electron chi connectivity index (χ4n) is 2.38. The molecule has 2 aromatic heterocycles. The second kappa shape index (κ2) is 7.56. The van der Waals surface area contributed by atoms with Gasteiger partial charge in [0.05, 0.1) is 10.6 Å². The maximum Gasteiger partial charge on any atom is 0.317 e. The van der Waals surface area contributed by atoms with Gasteiger partial charge in [-0.15, -0.1) is 11.3 Å². The Labute approximate surface area is 156 Å². The zero-order chi connectivity index (χ0) is 18.7. The first-order chi connectivity index (χ1) is 12.4. The fourth-order valence-corrected chi connectivity index (χ4v) is 4.83. The van der Waals surface area contributed by atoms with Crippen LogP contribution in [0.5, 0.6) is 0 Å². The number of urea groups is 1. The van der Waals surface area contributed by atoms with Crippen molar-refractivity contribution in [1.29, 1.82) is 0 Å². The van der Waals surface area contributed by atoms with Crippen molar-refractivity contribution >= 4 is 33.3 Å². The van der Waals surface area contributed by atoms with Crippen LogP contribution in [0.2, 0.25) is 0 Å². The van der Waals surface area contributed by atoms with E-state index in [0.29, 0.717) is 37.8 Å². The number of nitrogens with one attached hydrogen (secondary N) is 2. The number of rotatable bonds is 7. The second-order valence-electron chi connectivity index (χ2n) is 5.82. The van der Waals surface area contributed by atoms with Gasteiger partial charge in [-0.1, -0.05) is 0 Å². The minimum Gasteiger partial charge on any atom is -0.352 e. The van der Waals surface area contributed by atoms with Crippen molar-refractivity contribution in [2.75, 3.05) is 45.6 Å². The highest BCUT2D eigenvalue weighted by molar-refractivity contribution is 7.91. The van der Waals surface area contributed by atoms with Crippen LogP contribution in [0, 0.1) is 0 Å². The highest BCUT2D eigenvalue weighted by Crippen LogP contribution is 2.30. The van der Waals surface area contributed by atoms with E-state index in [1.165, 1.54) is 29.7 Å². The molecular weight excluding hydrogens is 376 g/mol. The topological polar surface area (TPSA) is 108 Å². The summed E-state index contributed by atoms with van der Waals surface area (Å²) in [6, 6.07) is 4.99. The molecule has 3 rings (SSSR count). The first-order valence-corrected chi connectivity index (χ1v) is 10.3. The van der Waals surface area contributed by atoms with E-state index in [2.05, 4.69) is 20.6 Å². The minimum absolute atomic E-state index is 0.0605. The summed E-state index contributed by atoms with van der Waals surface area (Å²) in [5.41, 5.74) is 0.645. The smallest absolute Gasteiger partial charge is 0.317 e. The number of aromatic nitrogens is 2. The van der Waals surface area contributed by atoms with Crippen LogP contribution in [0.3, 0.4) is 0 Å². The Kier molecular flexibility index (Phi) is 5.39. The standard InChI is InChI=1S/C15H20N6O3S2/c1-20(2)26(23,24)13-4-3-12(25-13)11-5-6-16-14(19-11)17-7-9-21-10-8-18-15(21)22/h3-6H,7-10H2,1-2H3,(H,18,22)(H,16,17,19). The van der Waals surface area contributed by atoms with E-state index in [9.17, 15) is 13.2 Å². The highest BCUT2D eigenvalue weighted by Gasteiger charge is 2.21. The molecule has 0 aliphatic carbocycles. The quantitative estimate of drug-likeness (QED) is 0.720. The first-order valence-electron chi connectivity index (χ1n) is 8.00. The van der Waals surface area contributed by atoms with Gasteiger partial charge in [-0.3, -0.25) is 0 Å². The molecule has 1 aliphatic heterocycles. The third-order valence-corrected chi connectivity index (χ3v) is 7.22. The SMILES string of the molecule is CN(C)S(=O)(=O)c1ccc(-c2ccnc(NCCN3CCNC3=O)n2)s1. The molecule has 0 saturated carbocycles.